The molecule has 2 aliphatic rings. The Balaban J connectivity index is 1.50. The summed E-state index contributed by atoms with van der Waals surface area (Å²) in [4.78, 5) is 26.9. The molecule has 1 fully saturated rings. The van der Waals surface area contributed by atoms with Crippen LogP contribution in [0.5, 0.6) is 0 Å². The van der Waals surface area contributed by atoms with Crippen LogP contribution in [0.25, 0.3) is 5.03 Å². The van der Waals surface area contributed by atoms with E-state index in [1.807, 2.05) is 13.0 Å². The quantitative estimate of drug-likeness (QED) is 0.655. The van der Waals surface area contributed by atoms with E-state index >= 15 is 0 Å². The molecule has 1 aromatic carbocycles. The third kappa shape index (κ3) is 4.61. The van der Waals surface area contributed by atoms with Gasteiger partial charge in [-0.2, -0.15) is 0 Å². The van der Waals surface area contributed by atoms with Crippen LogP contribution in [0.4, 0.5) is 0 Å². The van der Waals surface area contributed by atoms with E-state index in [9.17, 15) is 9.59 Å². The Bertz CT molecular complexity index is 743. The Kier molecular flexibility index (Phi) is 6.72. The first kappa shape index (κ1) is 20.1. The van der Waals surface area contributed by atoms with E-state index in [1.54, 1.807) is 4.90 Å². The Labute approximate surface area is 166 Å². The van der Waals surface area contributed by atoms with Crippen LogP contribution in [0.15, 0.2) is 24.3 Å². The number of benzene rings is 1. The summed E-state index contributed by atoms with van der Waals surface area (Å²) in [5, 5.41) is 9.66. The monoisotopic (exact) mass is 389 g/mol. The summed E-state index contributed by atoms with van der Waals surface area (Å²) in [5.41, 5.74) is 3.44. The van der Waals surface area contributed by atoms with Gasteiger partial charge in [0.2, 0.25) is 5.91 Å². The molecule has 0 unspecified atom stereocenters. The van der Waals surface area contributed by atoms with Crippen molar-refractivity contribution in [1.82, 2.24) is 4.90 Å². The second kappa shape index (κ2) is 9.03. The van der Waals surface area contributed by atoms with Crippen molar-refractivity contribution in [3.63, 3.8) is 0 Å². The third-order valence-electron chi connectivity index (χ3n) is 5.73. The molecule has 146 valence electrons. The van der Waals surface area contributed by atoms with E-state index in [4.69, 9.17) is 16.7 Å². The standard InChI is InChI=1S/C22H28ClNO3/c1-15(4-2-3-13-25)22(27)24-12-11-20(24)21(26)10-6-16-5-7-17-8-9-19(23)18(17)14-16/h5,7,9,14-15,20,25H,2-4,6,8,10-13H2,1H3/t15-,20+/m1/s1. The summed E-state index contributed by atoms with van der Waals surface area (Å²) in [5.74, 6) is 0.143. The zero-order chi connectivity index (χ0) is 19.4. The van der Waals surface area contributed by atoms with Gasteiger partial charge in [-0.3, -0.25) is 9.59 Å². The molecule has 27 heavy (non-hydrogen) atoms. The largest absolute Gasteiger partial charge is 0.396 e. The van der Waals surface area contributed by atoms with Gasteiger partial charge in [0.25, 0.3) is 0 Å². The molecule has 1 heterocycles. The lowest BCUT2D eigenvalue weighted by Gasteiger charge is -2.41. The maximum atomic E-state index is 12.6. The molecule has 1 aromatic rings. The lowest BCUT2D eigenvalue weighted by Crippen LogP contribution is -2.56. The van der Waals surface area contributed by atoms with E-state index in [-0.39, 0.29) is 30.3 Å². The van der Waals surface area contributed by atoms with Crippen LogP contribution in [0.1, 0.15) is 55.7 Å². The number of carbonyl (C=O) groups excluding carboxylic acids is 2. The highest BCUT2D eigenvalue weighted by molar-refractivity contribution is 6.49. The van der Waals surface area contributed by atoms with Gasteiger partial charge in [0.15, 0.2) is 5.78 Å². The smallest absolute Gasteiger partial charge is 0.226 e. The molecule has 0 aromatic heterocycles. The Morgan fingerprint density at radius 1 is 1.33 bits per heavy atom. The normalized spacial score (nSPS) is 19.3. The van der Waals surface area contributed by atoms with E-state index in [0.29, 0.717) is 19.4 Å². The number of fused-ring (bicyclic) bond motifs is 1. The average Bonchev–Trinajstić information content (AvgIpc) is 2.99. The maximum Gasteiger partial charge on any atom is 0.226 e. The number of amides is 1. The van der Waals surface area contributed by atoms with Crippen molar-refractivity contribution in [2.45, 2.75) is 57.9 Å². The van der Waals surface area contributed by atoms with Crippen molar-refractivity contribution in [1.29, 1.82) is 0 Å². The zero-order valence-electron chi connectivity index (χ0n) is 15.9. The van der Waals surface area contributed by atoms with Gasteiger partial charge in [0.1, 0.15) is 0 Å². The molecule has 0 bridgehead atoms. The lowest BCUT2D eigenvalue weighted by molar-refractivity contribution is -0.149. The molecule has 4 nitrogen and oxygen atoms in total. The summed E-state index contributed by atoms with van der Waals surface area (Å²) < 4.78 is 0. The van der Waals surface area contributed by atoms with Gasteiger partial charge in [-0.05, 0) is 54.9 Å². The molecule has 1 amide bonds. The summed E-state index contributed by atoms with van der Waals surface area (Å²) in [7, 11) is 0. The fourth-order valence-electron chi connectivity index (χ4n) is 3.88. The molecule has 1 saturated heterocycles. The first-order valence-electron chi connectivity index (χ1n) is 9.93. The van der Waals surface area contributed by atoms with Crippen molar-refractivity contribution in [3.05, 3.63) is 41.0 Å². The number of unbranched alkanes of at least 4 members (excludes halogenated alkanes) is 1. The number of ketones is 1. The number of aliphatic hydroxyl groups excluding tert-OH is 1. The fourth-order valence-corrected chi connectivity index (χ4v) is 4.13. The molecule has 0 radical (unpaired) electrons. The number of nitrogens with zero attached hydrogens (tertiary/aromatic N) is 1. The summed E-state index contributed by atoms with van der Waals surface area (Å²) in [6.45, 7) is 2.76. The molecule has 0 spiro atoms. The molecule has 0 saturated carbocycles. The minimum atomic E-state index is -0.254. The molecule has 2 atom stereocenters. The van der Waals surface area contributed by atoms with Crippen molar-refractivity contribution in [3.8, 4) is 0 Å². The zero-order valence-corrected chi connectivity index (χ0v) is 16.7. The van der Waals surface area contributed by atoms with E-state index in [1.165, 1.54) is 5.56 Å². The molecule has 1 aliphatic heterocycles. The lowest BCUT2D eigenvalue weighted by atomic mass is 9.91. The van der Waals surface area contributed by atoms with Crippen LogP contribution in [0, 0.1) is 5.92 Å². The van der Waals surface area contributed by atoms with Crippen LogP contribution in [0.3, 0.4) is 0 Å². The SMILES string of the molecule is C[C@H](CCCCO)C(=O)N1CC[C@H]1C(=O)CCc1ccc2c(c1)C(Cl)=CC2. The topological polar surface area (TPSA) is 57.6 Å². The number of Topliss-reactive ketones (excluding diaryl/α,β-unsaturated/α-hetero) is 1. The second-order valence-electron chi connectivity index (χ2n) is 7.67. The number of aryl methyl sites for hydroxylation is 1. The van der Waals surface area contributed by atoms with Crippen LogP contribution >= 0.6 is 11.6 Å². The van der Waals surface area contributed by atoms with Gasteiger partial charge in [0.05, 0.1) is 6.04 Å². The third-order valence-corrected chi connectivity index (χ3v) is 6.09. The van der Waals surface area contributed by atoms with E-state index < -0.39 is 0 Å². The van der Waals surface area contributed by atoms with Crippen molar-refractivity contribution in [2.75, 3.05) is 13.2 Å². The van der Waals surface area contributed by atoms with Crippen LogP contribution in [0.2, 0.25) is 0 Å². The van der Waals surface area contributed by atoms with Gasteiger partial charge in [-0.25, -0.2) is 0 Å². The number of allylic oxidation sites excluding steroid dienone is 1. The van der Waals surface area contributed by atoms with Crippen LogP contribution < -0.4 is 0 Å². The number of rotatable bonds is 9. The highest BCUT2D eigenvalue weighted by atomic mass is 35.5. The Morgan fingerprint density at radius 3 is 2.85 bits per heavy atom. The van der Waals surface area contributed by atoms with Gasteiger partial charge in [-0.15, -0.1) is 0 Å². The maximum absolute atomic E-state index is 12.6. The number of likely N-dealkylation sites (tertiary alicyclic amines) is 1. The Morgan fingerprint density at radius 2 is 2.15 bits per heavy atom. The predicted molar refractivity (Wildman–Crippen MR) is 108 cm³/mol. The molecular formula is C22H28ClNO3. The number of hydrogen-bond acceptors (Lipinski definition) is 3. The van der Waals surface area contributed by atoms with Crippen molar-refractivity contribution in [2.24, 2.45) is 5.92 Å². The number of hydrogen-bond donors (Lipinski definition) is 1. The van der Waals surface area contributed by atoms with Crippen LogP contribution in [-0.4, -0.2) is 40.9 Å². The summed E-state index contributed by atoms with van der Waals surface area (Å²) in [6, 6.07) is 5.99. The van der Waals surface area contributed by atoms with E-state index in [0.717, 1.165) is 48.3 Å². The predicted octanol–water partition coefficient (Wildman–Crippen LogP) is 3.72. The number of aliphatic hydroxyl groups is 1. The molecule has 1 aliphatic carbocycles. The minimum Gasteiger partial charge on any atom is -0.396 e. The fraction of sp³-hybridized carbons (Fsp3) is 0.545. The number of halogens is 1. The molecule has 5 heteroatoms. The van der Waals surface area contributed by atoms with Crippen molar-refractivity contribution < 1.29 is 14.7 Å². The van der Waals surface area contributed by atoms with Gasteiger partial charge < -0.3 is 10.0 Å². The second-order valence-corrected chi connectivity index (χ2v) is 8.08. The molecule has 1 N–H and O–H groups in total. The van der Waals surface area contributed by atoms with Gasteiger partial charge in [0, 0.05) is 30.5 Å². The first-order chi connectivity index (χ1) is 13.0. The minimum absolute atomic E-state index is 0.0759. The van der Waals surface area contributed by atoms with Gasteiger partial charge >= 0.3 is 0 Å². The molecular weight excluding hydrogens is 362 g/mol. The van der Waals surface area contributed by atoms with E-state index in [2.05, 4.69) is 18.2 Å². The highest BCUT2D eigenvalue weighted by Gasteiger charge is 2.38. The first-order valence-corrected chi connectivity index (χ1v) is 10.3. The van der Waals surface area contributed by atoms with Crippen molar-refractivity contribution >= 4 is 28.3 Å². The summed E-state index contributed by atoms with van der Waals surface area (Å²) in [6.07, 6.45) is 7.12. The summed E-state index contributed by atoms with van der Waals surface area (Å²) >= 11 is 6.22. The average molecular weight is 390 g/mol. The van der Waals surface area contributed by atoms with Crippen LogP contribution in [-0.2, 0) is 22.4 Å². The number of carbonyl (C=O) groups is 2. The van der Waals surface area contributed by atoms with Gasteiger partial charge in [-0.1, -0.05) is 43.2 Å². The highest BCUT2D eigenvalue weighted by Crippen LogP contribution is 2.31. The Hall–Kier alpha value is -1.65. The molecule has 3 rings (SSSR count).